The number of hydrogen-bond donors (Lipinski definition) is 1. The van der Waals surface area contributed by atoms with Crippen LogP contribution in [0.5, 0.6) is 5.75 Å². The van der Waals surface area contributed by atoms with Crippen molar-refractivity contribution < 1.29 is 24.2 Å². The number of carbonyl (C=O) groups excluding carboxylic acids is 1. The molecule has 0 bridgehead atoms. The molecule has 108 valence electrons. The normalized spacial score (nSPS) is 17.1. The molecule has 1 aliphatic rings. The maximum absolute atomic E-state index is 11.5. The summed E-state index contributed by atoms with van der Waals surface area (Å²) in [7, 11) is 0. The lowest BCUT2D eigenvalue weighted by molar-refractivity contribution is -0.143. The van der Waals surface area contributed by atoms with E-state index in [9.17, 15) is 14.7 Å². The summed E-state index contributed by atoms with van der Waals surface area (Å²) < 4.78 is 10.3. The third kappa shape index (κ3) is 2.96. The molecular weight excluding hydrogens is 286 g/mol. The number of amides is 1. The highest BCUT2D eigenvalue weighted by atomic mass is 35.5. The number of ether oxygens (including phenoxy) is 2. The second-order valence-corrected chi connectivity index (χ2v) is 4.68. The van der Waals surface area contributed by atoms with Gasteiger partial charge in [0.05, 0.1) is 24.8 Å². The van der Waals surface area contributed by atoms with Crippen molar-refractivity contribution in [1.29, 1.82) is 0 Å². The monoisotopic (exact) mass is 299 g/mol. The van der Waals surface area contributed by atoms with Crippen LogP contribution in [0.3, 0.4) is 0 Å². The van der Waals surface area contributed by atoms with Crippen LogP contribution in [-0.2, 0) is 9.53 Å². The first kappa shape index (κ1) is 14.5. The summed E-state index contributed by atoms with van der Waals surface area (Å²) in [5.41, 5.74) is 0.377. The van der Waals surface area contributed by atoms with Crippen molar-refractivity contribution in [1.82, 2.24) is 0 Å². The predicted molar refractivity (Wildman–Crippen MR) is 72.5 cm³/mol. The van der Waals surface area contributed by atoms with Crippen LogP contribution in [0, 0.1) is 0 Å². The smallest absolute Gasteiger partial charge is 0.412 e. The van der Waals surface area contributed by atoms with Gasteiger partial charge in [0.15, 0.2) is 0 Å². The Morgan fingerprint density at radius 1 is 1.55 bits per heavy atom. The molecule has 2 rings (SSSR count). The first-order valence-corrected chi connectivity index (χ1v) is 6.51. The van der Waals surface area contributed by atoms with E-state index in [-0.39, 0.29) is 19.6 Å². The number of esters is 1. The van der Waals surface area contributed by atoms with Crippen LogP contribution in [0.1, 0.15) is 13.3 Å². The van der Waals surface area contributed by atoms with E-state index in [1.807, 2.05) is 0 Å². The number of hydrogen-bond acceptors (Lipinski definition) is 4. The fourth-order valence-corrected chi connectivity index (χ4v) is 2.24. The number of halogens is 1. The molecular formula is C13H14ClNO5. The summed E-state index contributed by atoms with van der Waals surface area (Å²) >= 11 is 5.85. The number of rotatable bonds is 3. The summed E-state index contributed by atoms with van der Waals surface area (Å²) in [6.07, 6.45) is -1.20. The Morgan fingerprint density at radius 2 is 2.30 bits per heavy atom. The highest BCUT2D eigenvalue weighted by Crippen LogP contribution is 2.36. The number of fused-ring (bicyclic) bond motifs is 1. The average Bonchev–Trinajstić information content (AvgIpc) is 2.38. The standard InChI is InChI=1S/C13H14ClNO5/c1-2-19-12(16)6-9-7-20-11-5-8(14)3-4-10(11)15(9)13(17)18/h3-5,9H,2,6-7H2,1H3,(H,17,18). The molecule has 1 atom stereocenters. The molecule has 0 aliphatic carbocycles. The van der Waals surface area contributed by atoms with Gasteiger partial charge in [-0.1, -0.05) is 11.6 Å². The largest absolute Gasteiger partial charge is 0.489 e. The molecule has 0 saturated carbocycles. The topological polar surface area (TPSA) is 76.1 Å². The SMILES string of the molecule is CCOC(=O)CC1COc2cc(Cl)ccc2N1C(=O)O. The zero-order chi connectivity index (χ0) is 14.7. The Balaban J connectivity index is 2.26. The molecule has 1 aliphatic heterocycles. The van der Waals surface area contributed by atoms with Gasteiger partial charge in [0, 0.05) is 11.1 Å². The predicted octanol–water partition coefficient (Wildman–Crippen LogP) is 2.54. The van der Waals surface area contributed by atoms with Gasteiger partial charge in [0.1, 0.15) is 12.4 Å². The molecule has 1 aromatic rings. The lowest BCUT2D eigenvalue weighted by atomic mass is 10.1. The van der Waals surface area contributed by atoms with Crippen molar-refractivity contribution >= 4 is 29.4 Å². The minimum atomic E-state index is -1.15. The molecule has 0 radical (unpaired) electrons. The van der Waals surface area contributed by atoms with E-state index in [4.69, 9.17) is 21.1 Å². The molecule has 20 heavy (non-hydrogen) atoms. The first-order chi connectivity index (χ1) is 9.52. The van der Waals surface area contributed by atoms with Crippen LogP contribution < -0.4 is 9.64 Å². The van der Waals surface area contributed by atoms with Gasteiger partial charge in [0.2, 0.25) is 0 Å². The molecule has 0 fully saturated rings. The maximum Gasteiger partial charge on any atom is 0.412 e. The van der Waals surface area contributed by atoms with Gasteiger partial charge >= 0.3 is 12.1 Å². The second-order valence-electron chi connectivity index (χ2n) is 4.24. The molecule has 1 amide bonds. The third-order valence-corrected chi connectivity index (χ3v) is 3.13. The first-order valence-electron chi connectivity index (χ1n) is 6.13. The summed E-state index contributed by atoms with van der Waals surface area (Å²) in [6.45, 7) is 2.03. The molecule has 1 N–H and O–H groups in total. The van der Waals surface area contributed by atoms with Crippen molar-refractivity contribution in [3.05, 3.63) is 23.2 Å². The molecule has 0 spiro atoms. The van der Waals surface area contributed by atoms with E-state index in [0.717, 1.165) is 4.90 Å². The number of carboxylic acid groups (broad SMARTS) is 1. The molecule has 1 unspecified atom stereocenters. The number of carbonyl (C=O) groups is 2. The zero-order valence-corrected chi connectivity index (χ0v) is 11.6. The van der Waals surface area contributed by atoms with Gasteiger partial charge in [-0.2, -0.15) is 0 Å². The average molecular weight is 300 g/mol. The van der Waals surface area contributed by atoms with Gasteiger partial charge in [0.25, 0.3) is 0 Å². The van der Waals surface area contributed by atoms with Gasteiger partial charge < -0.3 is 14.6 Å². The Bertz CT molecular complexity index is 533. The quantitative estimate of drug-likeness (QED) is 0.868. The van der Waals surface area contributed by atoms with E-state index in [1.165, 1.54) is 0 Å². The maximum atomic E-state index is 11.5. The zero-order valence-electron chi connectivity index (χ0n) is 10.8. The molecule has 0 saturated heterocycles. The van der Waals surface area contributed by atoms with Crippen molar-refractivity contribution in [3.8, 4) is 5.75 Å². The van der Waals surface area contributed by atoms with E-state index >= 15 is 0 Å². The van der Waals surface area contributed by atoms with Gasteiger partial charge in [-0.3, -0.25) is 9.69 Å². The Kier molecular flexibility index (Phi) is 4.34. The molecule has 1 heterocycles. The van der Waals surface area contributed by atoms with Gasteiger partial charge in [-0.15, -0.1) is 0 Å². The van der Waals surface area contributed by atoms with E-state index in [2.05, 4.69) is 0 Å². The van der Waals surface area contributed by atoms with Crippen molar-refractivity contribution in [2.24, 2.45) is 0 Å². The minimum absolute atomic E-state index is 0.0534. The molecule has 6 nitrogen and oxygen atoms in total. The van der Waals surface area contributed by atoms with Crippen molar-refractivity contribution in [3.63, 3.8) is 0 Å². The van der Waals surface area contributed by atoms with E-state index in [1.54, 1.807) is 25.1 Å². The Hall–Kier alpha value is -1.95. The van der Waals surface area contributed by atoms with E-state index in [0.29, 0.717) is 16.5 Å². The molecule has 7 heteroatoms. The second kappa shape index (κ2) is 6.00. The lowest BCUT2D eigenvalue weighted by Gasteiger charge is -2.34. The Morgan fingerprint density at radius 3 is 2.95 bits per heavy atom. The van der Waals surface area contributed by atoms with Crippen molar-refractivity contribution in [2.75, 3.05) is 18.1 Å². The summed E-state index contributed by atoms with van der Waals surface area (Å²) in [4.78, 5) is 24.1. The van der Waals surface area contributed by atoms with Gasteiger partial charge in [-0.25, -0.2) is 4.79 Å². The number of anilines is 1. The summed E-state index contributed by atoms with van der Waals surface area (Å²) in [6, 6.07) is 4.07. The fraction of sp³-hybridized carbons (Fsp3) is 0.385. The minimum Gasteiger partial charge on any atom is -0.489 e. The Labute approximate surface area is 120 Å². The highest BCUT2D eigenvalue weighted by Gasteiger charge is 2.34. The van der Waals surface area contributed by atoms with Crippen LogP contribution >= 0.6 is 11.6 Å². The third-order valence-electron chi connectivity index (χ3n) is 2.89. The van der Waals surface area contributed by atoms with Crippen LogP contribution in [0.25, 0.3) is 0 Å². The summed E-state index contributed by atoms with van der Waals surface area (Å²) in [5, 5.41) is 9.81. The molecule has 0 aromatic heterocycles. The van der Waals surface area contributed by atoms with Crippen LogP contribution in [0.15, 0.2) is 18.2 Å². The summed E-state index contributed by atoms with van der Waals surface area (Å²) in [5.74, 6) is -0.0650. The number of benzene rings is 1. The van der Waals surface area contributed by atoms with Crippen LogP contribution in [-0.4, -0.2) is 36.4 Å². The fourth-order valence-electron chi connectivity index (χ4n) is 2.08. The highest BCUT2D eigenvalue weighted by molar-refractivity contribution is 6.30. The van der Waals surface area contributed by atoms with Crippen LogP contribution in [0.4, 0.5) is 10.5 Å². The van der Waals surface area contributed by atoms with Crippen LogP contribution in [0.2, 0.25) is 5.02 Å². The van der Waals surface area contributed by atoms with Gasteiger partial charge in [-0.05, 0) is 19.1 Å². The molecule has 1 aromatic carbocycles. The number of nitrogens with zero attached hydrogens (tertiary/aromatic N) is 1. The van der Waals surface area contributed by atoms with E-state index < -0.39 is 18.1 Å². The lowest BCUT2D eigenvalue weighted by Crippen LogP contribution is -2.47. The van der Waals surface area contributed by atoms with Crippen molar-refractivity contribution in [2.45, 2.75) is 19.4 Å².